The van der Waals surface area contributed by atoms with E-state index in [-0.39, 0.29) is 12.6 Å². The van der Waals surface area contributed by atoms with E-state index in [4.69, 9.17) is 0 Å². The molecule has 6 nitrogen and oxygen atoms in total. The highest BCUT2D eigenvalue weighted by Crippen LogP contribution is 2.14. The molecule has 1 aromatic heterocycles. The van der Waals surface area contributed by atoms with Gasteiger partial charge in [-0.1, -0.05) is 31.5 Å². The molecule has 0 amide bonds. The molecule has 0 saturated carbocycles. The second-order valence-electron chi connectivity index (χ2n) is 4.83. The fourth-order valence-corrected chi connectivity index (χ4v) is 1.99. The van der Waals surface area contributed by atoms with E-state index in [1.807, 2.05) is 37.3 Å². The number of aromatic nitrogens is 3. The molecule has 0 bridgehead atoms. The lowest BCUT2D eigenvalue weighted by molar-refractivity contribution is 0.268. The molecule has 0 radical (unpaired) electrons. The molecule has 0 aliphatic rings. The van der Waals surface area contributed by atoms with E-state index >= 15 is 0 Å². The van der Waals surface area contributed by atoms with Crippen molar-refractivity contribution in [3.63, 3.8) is 0 Å². The van der Waals surface area contributed by atoms with Crippen molar-refractivity contribution in [3.05, 3.63) is 36.2 Å². The van der Waals surface area contributed by atoms with E-state index in [1.165, 1.54) is 0 Å². The summed E-state index contributed by atoms with van der Waals surface area (Å²) in [5.74, 6) is 1.59. The van der Waals surface area contributed by atoms with Gasteiger partial charge in [-0.05, 0) is 25.5 Å². The molecule has 0 aliphatic heterocycles. The van der Waals surface area contributed by atoms with Gasteiger partial charge in [0.15, 0.2) is 0 Å². The Bertz CT molecular complexity index is 561. The Morgan fingerprint density at radius 1 is 1.10 bits per heavy atom. The van der Waals surface area contributed by atoms with Crippen molar-refractivity contribution in [1.29, 1.82) is 0 Å². The number of nitrogens with zero attached hydrogens (tertiary/aromatic N) is 3. The largest absolute Gasteiger partial charge is 0.394 e. The first kappa shape index (κ1) is 15.2. The predicted molar refractivity (Wildman–Crippen MR) is 83.7 cm³/mol. The SMILES string of the molecule is CCC[C@H](CO)Nc1nc(C)nc(Nc2ccccc2)n1. The van der Waals surface area contributed by atoms with Gasteiger partial charge in [0, 0.05) is 5.69 Å². The normalized spacial score (nSPS) is 12.0. The molecule has 112 valence electrons. The average Bonchev–Trinajstić information content (AvgIpc) is 2.47. The van der Waals surface area contributed by atoms with Gasteiger partial charge in [-0.25, -0.2) is 0 Å². The van der Waals surface area contributed by atoms with Crippen LogP contribution in [0.2, 0.25) is 0 Å². The lowest BCUT2D eigenvalue weighted by Crippen LogP contribution is -2.25. The summed E-state index contributed by atoms with van der Waals surface area (Å²) in [6.07, 6.45) is 1.85. The highest BCUT2D eigenvalue weighted by Gasteiger charge is 2.10. The van der Waals surface area contributed by atoms with Crippen LogP contribution in [0.3, 0.4) is 0 Å². The molecular formula is C15H21N5O. The van der Waals surface area contributed by atoms with E-state index in [2.05, 4.69) is 32.5 Å². The number of para-hydroxylation sites is 1. The summed E-state index contributed by atoms with van der Waals surface area (Å²) in [5, 5.41) is 15.6. The molecule has 2 aromatic rings. The van der Waals surface area contributed by atoms with Crippen molar-refractivity contribution in [2.24, 2.45) is 0 Å². The molecule has 0 fully saturated rings. The maximum absolute atomic E-state index is 9.34. The molecule has 1 aromatic carbocycles. The Kier molecular flexibility index (Phi) is 5.45. The Morgan fingerprint density at radius 2 is 1.81 bits per heavy atom. The third-order valence-corrected chi connectivity index (χ3v) is 2.97. The maximum Gasteiger partial charge on any atom is 0.232 e. The van der Waals surface area contributed by atoms with Crippen LogP contribution >= 0.6 is 0 Å². The van der Waals surface area contributed by atoms with Crippen molar-refractivity contribution in [1.82, 2.24) is 15.0 Å². The summed E-state index contributed by atoms with van der Waals surface area (Å²) >= 11 is 0. The maximum atomic E-state index is 9.34. The zero-order valence-corrected chi connectivity index (χ0v) is 12.4. The Labute approximate surface area is 124 Å². The highest BCUT2D eigenvalue weighted by molar-refractivity contribution is 5.53. The zero-order valence-electron chi connectivity index (χ0n) is 12.4. The summed E-state index contributed by atoms with van der Waals surface area (Å²) < 4.78 is 0. The van der Waals surface area contributed by atoms with Crippen LogP contribution in [-0.4, -0.2) is 32.7 Å². The summed E-state index contributed by atoms with van der Waals surface area (Å²) in [7, 11) is 0. The number of hydrogen-bond donors (Lipinski definition) is 3. The molecule has 0 saturated heterocycles. The summed E-state index contributed by atoms with van der Waals surface area (Å²) in [6, 6.07) is 9.69. The fraction of sp³-hybridized carbons (Fsp3) is 0.400. The number of aryl methyl sites for hydroxylation is 1. The van der Waals surface area contributed by atoms with Crippen molar-refractivity contribution in [2.75, 3.05) is 17.2 Å². The minimum atomic E-state index is -0.0404. The van der Waals surface area contributed by atoms with Gasteiger partial charge in [0.2, 0.25) is 11.9 Å². The Balaban J connectivity index is 2.13. The topological polar surface area (TPSA) is 83.0 Å². The third-order valence-electron chi connectivity index (χ3n) is 2.97. The van der Waals surface area contributed by atoms with Gasteiger partial charge in [-0.3, -0.25) is 0 Å². The van der Waals surface area contributed by atoms with Crippen LogP contribution in [-0.2, 0) is 0 Å². The first-order valence-corrected chi connectivity index (χ1v) is 7.13. The van der Waals surface area contributed by atoms with Crippen molar-refractivity contribution in [3.8, 4) is 0 Å². The number of aliphatic hydroxyl groups is 1. The Morgan fingerprint density at radius 3 is 2.48 bits per heavy atom. The summed E-state index contributed by atoms with van der Waals surface area (Å²) in [4.78, 5) is 12.9. The van der Waals surface area contributed by atoms with Crippen LogP contribution < -0.4 is 10.6 Å². The zero-order chi connectivity index (χ0) is 15.1. The van der Waals surface area contributed by atoms with E-state index < -0.39 is 0 Å². The summed E-state index contributed by atoms with van der Waals surface area (Å²) in [6.45, 7) is 3.95. The number of benzene rings is 1. The van der Waals surface area contributed by atoms with Crippen LogP contribution in [0, 0.1) is 6.92 Å². The van der Waals surface area contributed by atoms with Crippen LogP contribution in [0.15, 0.2) is 30.3 Å². The smallest absolute Gasteiger partial charge is 0.232 e. The number of rotatable bonds is 7. The number of anilines is 3. The van der Waals surface area contributed by atoms with Crippen molar-refractivity contribution >= 4 is 17.6 Å². The van der Waals surface area contributed by atoms with Crippen LogP contribution in [0.5, 0.6) is 0 Å². The number of hydrogen-bond acceptors (Lipinski definition) is 6. The minimum absolute atomic E-state index is 0.0404. The molecule has 2 rings (SSSR count). The predicted octanol–water partition coefficient (Wildman–Crippen LogP) is 2.50. The standard InChI is InChI=1S/C15H21N5O/c1-3-7-13(10-21)19-15-17-11(2)16-14(20-15)18-12-8-5-4-6-9-12/h4-6,8-9,13,21H,3,7,10H2,1-2H3,(H2,16,17,18,19,20)/t13-/m1/s1. The average molecular weight is 287 g/mol. The minimum Gasteiger partial charge on any atom is -0.394 e. The van der Waals surface area contributed by atoms with Gasteiger partial charge in [0.25, 0.3) is 0 Å². The van der Waals surface area contributed by atoms with Gasteiger partial charge in [0.1, 0.15) is 5.82 Å². The van der Waals surface area contributed by atoms with Gasteiger partial charge in [-0.15, -0.1) is 0 Å². The van der Waals surface area contributed by atoms with Crippen LogP contribution in [0.4, 0.5) is 17.6 Å². The molecule has 0 unspecified atom stereocenters. The monoisotopic (exact) mass is 287 g/mol. The molecule has 1 heterocycles. The quantitative estimate of drug-likeness (QED) is 0.725. The van der Waals surface area contributed by atoms with Crippen molar-refractivity contribution < 1.29 is 5.11 Å². The van der Waals surface area contributed by atoms with Crippen molar-refractivity contribution in [2.45, 2.75) is 32.7 Å². The van der Waals surface area contributed by atoms with Gasteiger partial charge >= 0.3 is 0 Å². The van der Waals surface area contributed by atoms with Gasteiger partial charge in [0.05, 0.1) is 12.6 Å². The van der Waals surface area contributed by atoms with E-state index in [0.717, 1.165) is 18.5 Å². The molecule has 1 atom stereocenters. The third kappa shape index (κ3) is 4.68. The number of aliphatic hydroxyl groups excluding tert-OH is 1. The van der Waals surface area contributed by atoms with Gasteiger partial charge in [-0.2, -0.15) is 15.0 Å². The summed E-state index contributed by atoms with van der Waals surface area (Å²) in [5.41, 5.74) is 0.918. The second-order valence-corrected chi connectivity index (χ2v) is 4.83. The first-order valence-electron chi connectivity index (χ1n) is 7.13. The second kappa shape index (κ2) is 7.54. The molecular weight excluding hydrogens is 266 g/mol. The van der Waals surface area contributed by atoms with Crippen LogP contribution in [0.25, 0.3) is 0 Å². The van der Waals surface area contributed by atoms with E-state index in [9.17, 15) is 5.11 Å². The lowest BCUT2D eigenvalue weighted by atomic mass is 10.2. The molecule has 0 aliphatic carbocycles. The number of nitrogens with one attached hydrogen (secondary N) is 2. The Hall–Kier alpha value is -2.21. The lowest BCUT2D eigenvalue weighted by Gasteiger charge is -2.16. The van der Waals surface area contributed by atoms with Crippen LogP contribution in [0.1, 0.15) is 25.6 Å². The first-order chi connectivity index (χ1) is 10.2. The molecule has 6 heteroatoms. The highest BCUT2D eigenvalue weighted by atomic mass is 16.3. The fourth-order valence-electron chi connectivity index (χ4n) is 1.99. The molecule has 21 heavy (non-hydrogen) atoms. The van der Waals surface area contributed by atoms with E-state index in [1.54, 1.807) is 0 Å². The molecule has 0 spiro atoms. The van der Waals surface area contributed by atoms with Gasteiger partial charge < -0.3 is 15.7 Å². The van der Waals surface area contributed by atoms with E-state index in [0.29, 0.717) is 17.7 Å². The molecule has 3 N–H and O–H groups in total.